The Bertz CT molecular complexity index is 1010. The van der Waals surface area contributed by atoms with Crippen LogP contribution in [0.3, 0.4) is 0 Å². The van der Waals surface area contributed by atoms with Gasteiger partial charge in [-0.25, -0.2) is 17.6 Å². The number of hydrogen-bond acceptors (Lipinski definition) is 6. The lowest BCUT2D eigenvalue weighted by atomic mass is 10.1. The zero-order chi connectivity index (χ0) is 23.1. The number of benzene rings is 2. The lowest BCUT2D eigenvalue weighted by molar-refractivity contribution is -0.145. The summed E-state index contributed by atoms with van der Waals surface area (Å²) in [7, 11) is -3.87. The molecule has 31 heavy (non-hydrogen) atoms. The van der Waals surface area contributed by atoms with Crippen LogP contribution < -0.4 is 14.8 Å². The van der Waals surface area contributed by atoms with Gasteiger partial charge in [0.1, 0.15) is 17.1 Å². The molecule has 0 aliphatic heterocycles. The molecule has 0 radical (unpaired) electrons. The molecule has 0 aromatic heterocycles. The number of halogens is 1. The second-order valence-electron chi connectivity index (χ2n) is 7.18. The lowest BCUT2D eigenvalue weighted by Gasteiger charge is -2.25. The molecule has 0 bridgehead atoms. The predicted molar refractivity (Wildman–Crippen MR) is 113 cm³/mol. The molecule has 1 amide bonds. The Balaban J connectivity index is 1.95. The molecule has 0 unspecified atom stereocenters. The van der Waals surface area contributed by atoms with Gasteiger partial charge < -0.3 is 14.8 Å². The zero-order valence-electron chi connectivity index (χ0n) is 17.5. The first-order valence-corrected chi connectivity index (χ1v) is 11.1. The summed E-state index contributed by atoms with van der Waals surface area (Å²) >= 11 is 0. The van der Waals surface area contributed by atoms with Crippen molar-refractivity contribution in [2.45, 2.75) is 32.1 Å². The third-order valence-electron chi connectivity index (χ3n) is 4.02. The first-order valence-electron chi connectivity index (χ1n) is 9.47. The minimum atomic E-state index is -3.87. The van der Waals surface area contributed by atoms with E-state index in [-0.39, 0.29) is 13.2 Å². The van der Waals surface area contributed by atoms with Crippen molar-refractivity contribution in [2.24, 2.45) is 0 Å². The van der Waals surface area contributed by atoms with Gasteiger partial charge in [0.05, 0.1) is 12.4 Å². The van der Waals surface area contributed by atoms with E-state index in [1.54, 1.807) is 31.2 Å². The molecule has 0 aliphatic carbocycles. The fraction of sp³-hybridized carbons (Fsp3) is 0.333. The zero-order valence-corrected chi connectivity index (χ0v) is 18.3. The minimum absolute atomic E-state index is 0.234. The molecule has 168 valence electrons. The maximum Gasteiger partial charge on any atom is 0.344 e. The molecule has 0 heterocycles. The van der Waals surface area contributed by atoms with E-state index in [4.69, 9.17) is 9.47 Å². The average molecular weight is 453 g/mol. The fourth-order valence-corrected chi connectivity index (χ4v) is 4.11. The van der Waals surface area contributed by atoms with Gasteiger partial charge in [-0.05, 0) is 62.7 Å². The molecule has 2 N–H and O–H groups in total. The van der Waals surface area contributed by atoms with Crippen LogP contribution in [0.4, 0.5) is 10.1 Å². The molecule has 0 saturated heterocycles. The van der Waals surface area contributed by atoms with Gasteiger partial charge in [0, 0.05) is 5.69 Å². The van der Waals surface area contributed by atoms with Crippen LogP contribution in [-0.4, -0.2) is 39.0 Å². The summed E-state index contributed by atoms with van der Waals surface area (Å²) in [5, 5.41) is 2.63. The first-order chi connectivity index (χ1) is 14.5. The first kappa shape index (κ1) is 24.3. The Labute approximate surface area is 180 Å². The van der Waals surface area contributed by atoms with Gasteiger partial charge in [0.2, 0.25) is 15.9 Å². The van der Waals surface area contributed by atoms with Crippen molar-refractivity contribution >= 4 is 27.6 Å². The van der Waals surface area contributed by atoms with E-state index in [0.29, 0.717) is 17.0 Å². The average Bonchev–Trinajstić information content (AvgIpc) is 2.68. The monoisotopic (exact) mass is 452 g/mol. The number of ether oxygens (including phenoxy) is 2. The van der Waals surface area contributed by atoms with Crippen LogP contribution in [0.15, 0.2) is 48.5 Å². The van der Waals surface area contributed by atoms with Crippen LogP contribution in [0.2, 0.25) is 0 Å². The van der Waals surface area contributed by atoms with Crippen molar-refractivity contribution in [3.05, 3.63) is 59.9 Å². The van der Waals surface area contributed by atoms with E-state index in [9.17, 15) is 22.4 Å². The largest absolute Gasteiger partial charge is 0.482 e. The normalized spacial score (nSPS) is 11.6. The molecule has 10 heteroatoms. The summed E-state index contributed by atoms with van der Waals surface area (Å²) in [6.45, 7) is 4.58. The van der Waals surface area contributed by atoms with Gasteiger partial charge in [-0.1, -0.05) is 12.1 Å². The number of sulfonamides is 1. The molecule has 2 rings (SSSR count). The number of amides is 1. The number of carbonyl (C=O) groups is 2. The highest BCUT2D eigenvalue weighted by molar-refractivity contribution is 7.88. The third-order valence-corrected chi connectivity index (χ3v) is 5.56. The standard InChI is InChI=1S/C21H25FN2O6S/c1-4-29-19(25)13-30-18-11-9-17(10-12-18)23-20(26)21(2,3)24-31(27,28)14-15-5-7-16(22)8-6-15/h5-12,24H,4,13-14H2,1-3H3,(H,23,26). The molecule has 0 fully saturated rings. The summed E-state index contributed by atoms with van der Waals surface area (Å²) in [6, 6.07) is 11.3. The topological polar surface area (TPSA) is 111 Å². The Hall–Kier alpha value is -2.98. The van der Waals surface area contributed by atoms with E-state index in [2.05, 4.69) is 10.0 Å². The number of carbonyl (C=O) groups excluding carboxylic acids is 2. The van der Waals surface area contributed by atoms with Crippen LogP contribution in [0.25, 0.3) is 0 Å². The third kappa shape index (κ3) is 7.99. The van der Waals surface area contributed by atoms with E-state index in [1.807, 2.05) is 0 Å². The Morgan fingerprint density at radius 2 is 1.65 bits per heavy atom. The number of esters is 1. The van der Waals surface area contributed by atoms with Crippen molar-refractivity contribution < 1.29 is 31.9 Å². The number of rotatable bonds is 10. The van der Waals surface area contributed by atoms with Crippen LogP contribution >= 0.6 is 0 Å². The van der Waals surface area contributed by atoms with Gasteiger partial charge in [-0.3, -0.25) is 4.79 Å². The summed E-state index contributed by atoms with van der Waals surface area (Å²) in [4.78, 5) is 23.9. The van der Waals surface area contributed by atoms with Crippen LogP contribution in [0.1, 0.15) is 26.3 Å². The highest BCUT2D eigenvalue weighted by Crippen LogP contribution is 2.18. The van der Waals surface area contributed by atoms with Gasteiger partial charge in [0.15, 0.2) is 6.61 Å². The van der Waals surface area contributed by atoms with E-state index in [1.165, 1.54) is 38.1 Å². The number of anilines is 1. The summed E-state index contributed by atoms with van der Waals surface area (Å²) < 4.78 is 50.3. The highest BCUT2D eigenvalue weighted by atomic mass is 32.2. The van der Waals surface area contributed by atoms with Gasteiger partial charge in [-0.2, -0.15) is 4.72 Å². The van der Waals surface area contributed by atoms with Gasteiger partial charge >= 0.3 is 5.97 Å². The quantitative estimate of drug-likeness (QED) is 0.536. The summed E-state index contributed by atoms with van der Waals surface area (Å²) in [5.74, 6) is -1.52. The van der Waals surface area contributed by atoms with E-state index >= 15 is 0 Å². The van der Waals surface area contributed by atoms with Crippen molar-refractivity contribution in [1.82, 2.24) is 4.72 Å². The Morgan fingerprint density at radius 3 is 2.23 bits per heavy atom. The minimum Gasteiger partial charge on any atom is -0.482 e. The van der Waals surface area contributed by atoms with E-state index < -0.39 is 39.0 Å². The molecule has 2 aromatic carbocycles. The van der Waals surface area contributed by atoms with Crippen molar-refractivity contribution in [2.75, 3.05) is 18.5 Å². The summed E-state index contributed by atoms with van der Waals surface area (Å²) in [5.41, 5.74) is -0.638. The summed E-state index contributed by atoms with van der Waals surface area (Å²) in [6.07, 6.45) is 0. The molecular formula is C21H25FN2O6S. The highest BCUT2D eigenvalue weighted by Gasteiger charge is 2.32. The van der Waals surface area contributed by atoms with Crippen molar-refractivity contribution in [3.63, 3.8) is 0 Å². The predicted octanol–water partition coefficient (Wildman–Crippen LogP) is 2.60. The van der Waals surface area contributed by atoms with Crippen molar-refractivity contribution in [3.8, 4) is 5.75 Å². The molecule has 0 atom stereocenters. The lowest BCUT2D eigenvalue weighted by Crippen LogP contribution is -2.52. The second kappa shape index (κ2) is 10.4. The smallest absolute Gasteiger partial charge is 0.344 e. The number of nitrogens with one attached hydrogen (secondary N) is 2. The molecule has 0 aliphatic rings. The van der Waals surface area contributed by atoms with E-state index in [0.717, 1.165) is 0 Å². The van der Waals surface area contributed by atoms with Gasteiger partial charge in [0.25, 0.3) is 0 Å². The molecule has 0 spiro atoms. The maximum absolute atomic E-state index is 13.0. The maximum atomic E-state index is 13.0. The molecule has 0 saturated carbocycles. The van der Waals surface area contributed by atoms with Crippen LogP contribution in [-0.2, 0) is 30.1 Å². The second-order valence-corrected chi connectivity index (χ2v) is 8.91. The molecule has 8 nitrogen and oxygen atoms in total. The molecular weight excluding hydrogens is 427 g/mol. The van der Waals surface area contributed by atoms with Crippen LogP contribution in [0.5, 0.6) is 5.75 Å². The van der Waals surface area contributed by atoms with Crippen LogP contribution in [0, 0.1) is 5.82 Å². The number of hydrogen-bond donors (Lipinski definition) is 2. The molecule has 2 aromatic rings. The van der Waals surface area contributed by atoms with Crippen molar-refractivity contribution in [1.29, 1.82) is 0 Å². The fourth-order valence-electron chi connectivity index (χ4n) is 2.54. The van der Waals surface area contributed by atoms with Gasteiger partial charge in [-0.15, -0.1) is 0 Å². The Morgan fingerprint density at radius 1 is 1.03 bits per heavy atom. The SMILES string of the molecule is CCOC(=O)COc1ccc(NC(=O)C(C)(C)NS(=O)(=O)Cc2ccc(F)cc2)cc1. The Kier molecular flexibility index (Phi) is 8.12.